The number of nitrogens with zero attached hydrogens (tertiary/aromatic N) is 1. The minimum atomic E-state index is -0.647. The van der Waals surface area contributed by atoms with Gasteiger partial charge >= 0.3 is 0 Å². The first-order chi connectivity index (χ1) is 17.1. The third kappa shape index (κ3) is 7.25. The van der Waals surface area contributed by atoms with Crippen LogP contribution < -0.4 is 5.32 Å². The summed E-state index contributed by atoms with van der Waals surface area (Å²) in [7, 11) is 0. The van der Waals surface area contributed by atoms with E-state index < -0.39 is 6.04 Å². The maximum atomic E-state index is 13.6. The van der Waals surface area contributed by atoms with Crippen LogP contribution in [-0.4, -0.2) is 28.8 Å². The Morgan fingerprint density at radius 2 is 1.43 bits per heavy atom. The summed E-state index contributed by atoms with van der Waals surface area (Å²) in [5, 5.41) is 3.21. The molecule has 0 aliphatic heterocycles. The van der Waals surface area contributed by atoms with Crippen LogP contribution in [0.3, 0.4) is 0 Å². The molecule has 0 heterocycles. The quantitative estimate of drug-likeness (QED) is 0.426. The zero-order chi connectivity index (χ0) is 24.5. The van der Waals surface area contributed by atoms with Crippen LogP contribution in [0.4, 0.5) is 4.39 Å². The van der Waals surface area contributed by atoms with Gasteiger partial charge < -0.3 is 10.2 Å². The molecule has 1 atom stereocenters. The number of hydrogen-bond acceptors (Lipinski definition) is 2. The highest BCUT2D eigenvalue weighted by Crippen LogP contribution is 2.21. The molecule has 1 aliphatic rings. The van der Waals surface area contributed by atoms with Crippen LogP contribution in [0.2, 0.25) is 0 Å². The van der Waals surface area contributed by atoms with Crippen LogP contribution in [0.5, 0.6) is 0 Å². The summed E-state index contributed by atoms with van der Waals surface area (Å²) in [6.07, 6.45) is 5.51. The molecule has 0 radical (unpaired) electrons. The van der Waals surface area contributed by atoms with Crippen LogP contribution in [-0.2, 0) is 29.0 Å². The summed E-state index contributed by atoms with van der Waals surface area (Å²) in [6.45, 7) is 0.253. The highest BCUT2D eigenvalue weighted by molar-refractivity contribution is 5.88. The lowest BCUT2D eigenvalue weighted by atomic mass is 10.0. The van der Waals surface area contributed by atoms with E-state index in [0.29, 0.717) is 19.3 Å². The summed E-state index contributed by atoms with van der Waals surface area (Å²) >= 11 is 0. The van der Waals surface area contributed by atoms with Crippen molar-refractivity contribution in [2.75, 3.05) is 0 Å². The molecule has 4 rings (SSSR count). The molecule has 3 aromatic carbocycles. The molecule has 5 heteroatoms. The fourth-order valence-electron chi connectivity index (χ4n) is 4.75. The van der Waals surface area contributed by atoms with E-state index in [1.807, 2.05) is 60.7 Å². The molecule has 0 spiro atoms. The van der Waals surface area contributed by atoms with Gasteiger partial charge in [0, 0.05) is 25.4 Å². The van der Waals surface area contributed by atoms with Crippen molar-refractivity contribution in [2.24, 2.45) is 0 Å². The van der Waals surface area contributed by atoms with Gasteiger partial charge in [0.2, 0.25) is 11.8 Å². The van der Waals surface area contributed by atoms with Crippen molar-refractivity contribution in [3.63, 3.8) is 0 Å². The second-order valence-corrected chi connectivity index (χ2v) is 9.33. The summed E-state index contributed by atoms with van der Waals surface area (Å²) < 4.78 is 13.5. The number of rotatable bonds is 10. The monoisotopic (exact) mass is 472 g/mol. The molecule has 1 saturated carbocycles. The van der Waals surface area contributed by atoms with Gasteiger partial charge in [0.25, 0.3) is 0 Å². The minimum absolute atomic E-state index is 0.0827. The molecule has 2 amide bonds. The van der Waals surface area contributed by atoms with Crippen molar-refractivity contribution < 1.29 is 14.0 Å². The molecule has 0 bridgehead atoms. The average molecular weight is 473 g/mol. The van der Waals surface area contributed by atoms with Crippen molar-refractivity contribution in [2.45, 2.75) is 63.6 Å². The lowest BCUT2D eigenvalue weighted by Gasteiger charge is -2.32. The second-order valence-electron chi connectivity index (χ2n) is 9.33. The lowest BCUT2D eigenvalue weighted by Crippen LogP contribution is -2.52. The van der Waals surface area contributed by atoms with Crippen LogP contribution in [0.15, 0.2) is 84.9 Å². The maximum Gasteiger partial charge on any atom is 0.243 e. The first-order valence-corrected chi connectivity index (χ1v) is 12.5. The smallest absolute Gasteiger partial charge is 0.243 e. The number of carbonyl (C=O) groups is 2. The number of carbonyl (C=O) groups excluding carboxylic acids is 2. The molecule has 0 aromatic heterocycles. The number of hydrogen-bond donors (Lipinski definition) is 1. The molecule has 1 fully saturated rings. The molecule has 0 saturated heterocycles. The van der Waals surface area contributed by atoms with Gasteiger partial charge in [0.05, 0.1) is 0 Å². The predicted molar refractivity (Wildman–Crippen MR) is 136 cm³/mol. The number of nitrogens with one attached hydrogen (secondary N) is 1. The van der Waals surface area contributed by atoms with E-state index in [9.17, 15) is 14.0 Å². The zero-order valence-corrected chi connectivity index (χ0v) is 20.0. The number of aryl methyl sites for hydroxylation is 1. The zero-order valence-electron chi connectivity index (χ0n) is 20.0. The number of benzene rings is 3. The SMILES string of the molecule is O=C(NC1CCCC1)[C@@H](Cc1ccccc1)N(Cc1ccc(F)cc1)C(=O)CCc1ccccc1. The maximum absolute atomic E-state index is 13.6. The van der Waals surface area contributed by atoms with Gasteiger partial charge in [0.1, 0.15) is 11.9 Å². The Kier molecular flexibility index (Phi) is 8.66. The lowest BCUT2D eigenvalue weighted by molar-refractivity contribution is -0.141. The van der Waals surface area contributed by atoms with Crippen molar-refractivity contribution in [1.82, 2.24) is 10.2 Å². The molecular weight excluding hydrogens is 439 g/mol. The highest BCUT2D eigenvalue weighted by Gasteiger charge is 2.32. The first kappa shape index (κ1) is 24.6. The Labute approximate surface area is 207 Å². The van der Waals surface area contributed by atoms with E-state index >= 15 is 0 Å². The Bertz CT molecular complexity index is 1080. The van der Waals surface area contributed by atoms with Gasteiger partial charge in [0.15, 0.2) is 0 Å². The summed E-state index contributed by atoms with van der Waals surface area (Å²) in [5.41, 5.74) is 2.88. The predicted octanol–water partition coefficient (Wildman–Crippen LogP) is 5.46. The van der Waals surface area contributed by atoms with E-state index in [1.165, 1.54) is 12.1 Å². The van der Waals surface area contributed by atoms with Gasteiger partial charge in [-0.15, -0.1) is 0 Å². The topological polar surface area (TPSA) is 49.4 Å². The van der Waals surface area contributed by atoms with E-state index in [4.69, 9.17) is 0 Å². The molecule has 3 aromatic rings. The summed E-state index contributed by atoms with van der Waals surface area (Å²) in [6, 6.07) is 25.4. The molecule has 1 aliphatic carbocycles. The fraction of sp³-hybridized carbons (Fsp3) is 0.333. The molecule has 182 valence electrons. The van der Waals surface area contributed by atoms with Crippen molar-refractivity contribution >= 4 is 11.8 Å². The fourth-order valence-corrected chi connectivity index (χ4v) is 4.75. The van der Waals surface area contributed by atoms with E-state index in [-0.39, 0.29) is 30.2 Å². The Balaban J connectivity index is 1.60. The van der Waals surface area contributed by atoms with E-state index in [0.717, 1.165) is 42.4 Å². The second kappa shape index (κ2) is 12.3. The van der Waals surface area contributed by atoms with E-state index in [2.05, 4.69) is 5.32 Å². The third-order valence-corrected chi connectivity index (χ3v) is 6.71. The highest BCUT2D eigenvalue weighted by atomic mass is 19.1. The normalized spacial score (nSPS) is 14.4. The largest absolute Gasteiger partial charge is 0.352 e. The molecule has 1 N–H and O–H groups in total. The van der Waals surface area contributed by atoms with Gasteiger partial charge in [-0.2, -0.15) is 0 Å². The first-order valence-electron chi connectivity index (χ1n) is 12.5. The molecular formula is C30H33FN2O2. The van der Waals surface area contributed by atoms with Crippen molar-refractivity contribution in [3.05, 3.63) is 107 Å². The Morgan fingerprint density at radius 3 is 2.06 bits per heavy atom. The van der Waals surface area contributed by atoms with Gasteiger partial charge in [-0.05, 0) is 48.1 Å². The minimum Gasteiger partial charge on any atom is -0.352 e. The molecule has 4 nitrogen and oxygen atoms in total. The van der Waals surface area contributed by atoms with Crippen LogP contribution >= 0.6 is 0 Å². The summed E-state index contributed by atoms with van der Waals surface area (Å²) in [5.74, 6) is -0.521. The van der Waals surface area contributed by atoms with Crippen molar-refractivity contribution in [1.29, 1.82) is 0 Å². The average Bonchev–Trinajstić information content (AvgIpc) is 3.40. The van der Waals surface area contributed by atoms with Crippen molar-refractivity contribution in [3.8, 4) is 0 Å². The molecule has 0 unspecified atom stereocenters. The third-order valence-electron chi connectivity index (χ3n) is 6.71. The Morgan fingerprint density at radius 1 is 0.829 bits per heavy atom. The van der Waals surface area contributed by atoms with Gasteiger partial charge in [-0.3, -0.25) is 9.59 Å². The van der Waals surface area contributed by atoms with Crippen LogP contribution in [0, 0.1) is 5.82 Å². The number of halogens is 1. The van der Waals surface area contributed by atoms with Crippen LogP contribution in [0.25, 0.3) is 0 Å². The van der Waals surface area contributed by atoms with Gasteiger partial charge in [-0.1, -0.05) is 85.6 Å². The van der Waals surface area contributed by atoms with Crippen LogP contribution in [0.1, 0.15) is 48.8 Å². The standard InChI is InChI=1S/C30H33FN2O2/c31-26-18-15-25(16-19-26)22-33(29(34)20-17-23-9-3-1-4-10-23)28(21-24-11-5-2-6-12-24)30(35)32-27-13-7-8-14-27/h1-6,9-12,15-16,18-19,27-28H,7-8,13-14,17,20-22H2,(H,32,35)/t28-/m1/s1. The van der Waals surface area contributed by atoms with E-state index in [1.54, 1.807) is 17.0 Å². The molecule has 35 heavy (non-hydrogen) atoms. The summed E-state index contributed by atoms with van der Waals surface area (Å²) in [4.78, 5) is 28.9. The Hall–Kier alpha value is -3.47. The van der Waals surface area contributed by atoms with Gasteiger partial charge in [-0.25, -0.2) is 4.39 Å². The number of amides is 2.